The highest BCUT2D eigenvalue weighted by atomic mass is 32.1. The smallest absolute Gasteiger partial charge is 0.342 e. The van der Waals surface area contributed by atoms with Crippen molar-refractivity contribution in [2.75, 3.05) is 6.61 Å². The SMILES string of the molecule is Cc1nc(COc2ccccc2C(=O)OCC(=O)c2cc3ccccc3o2)cs1. The predicted molar refractivity (Wildman–Crippen MR) is 108 cm³/mol. The lowest BCUT2D eigenvalue weighted by molar-refractivity contribution is 0.0464. The first-order valence-corrected chi connectivity index (χ1v) is 9.80. The Morgan fingerprint density at radius 3 is 2.69 bits per heavy atom. The normalized spacial score (nSPS) is 10.8. The summed E-state index contributed by atoms with van der Waals surface area (Å²) < 4.78 is 16.4. The maximum Gasteiger partial charge on any atom is 0.342 e. The molecule has 0 aliphatic rings. The third-order valence-corrected chi connectivity index (χ3v) is 5.01. The van der Waals surface area contributed by atoms with Gasteiger partial charge in [0.1, 0.15) is 23.5 Å². The molecule has 0 unspecified atom stereocenters. The van der Waals surface area contributed by atoms with Crippen LogP contribution in [-0.2, 0) is 11.3 Å². The average Bonchev–Trinajstić information content (AvgIpc) is 3.36. The molecule has 4 rings (SSSR count). The lowest BCUT2D eigenvalue weighted by atomic mass is 10.2. The first kappa shape index (κ1) is 18.9. The van der Waals surface area contributed by atoms with Crippen LogP contribution < -0.4 is 4.74 Å². The first-order valence-electron chi connectivity index (χ1n) is 8.92. The van der Waals surface area contributed by atoms with Crippen molar-refractivity contribution in [2.24, 2.45) is 0 Å². The summed E-state index contributed by atoms with van der Waals surface area (Å²) in [4.78, 5) is 29.2. The molecular formula is C22H17NO5S. The Morgan fingerprint density at radius 2 is 1.90 bits per heavy atom. The summed E-state index contributed by atoms with van der Waals surface area (Å²) in [5.74, 6) is -0.521. The van der Waals surface area contributed by atoms with E-state index < -0.39 is 18.4 Å². The minimum Gasteiger partial charge on any atom is -0.486 e. The molecule has 2 heterocycles. The van der Waals surface area contributed by atoms with Gasteiger partial charge in [0.25, 0.3) is 0 Å². The van der Waals surface area contributed by atoms with Gasteiger partial charge in [-0.1, -0.05) is 30.3 Å². The second-order valence-corrected chi connectivity index (χ2v) is 7.35. The molecular weight excluding hydrogens is 390 g/mol. The van der Waals surface area contributed by atoms with E-state index in [1.54, 1.807) is 36.4 Å². The Balaban J connectivity index is 1.41. The summed E-state index contributed by atoms with van der Waals surface area (Å²) in [6, 6.07) is 15.7. The highest BCUT2D eigenvalue weighted by molar-refractivity contribution is 7.09. The summed E-state index contributed by atoms with van der Waals surface area (Å²) >= 11 is 1.53. The van der Waals surface area contributed by atoms with Crippen molar-refractivity contribution < 1.29 is 23.5 Å². The predicted octanol–water partition coefficient (Wildman–Crippen LogP) is 4.82. The van der Waals surface area contributed by atoms with Crippen LogP contribution in [0.15, 0.2) is 64.4 Å². The van der Waals surface area contributed by atoms with Crippen molar-refractivity contribution in [3.05, 3.63) is 82.0 Å². The van der Waals surface area contributed by atoms with Gasteiger partial charge in [0.2, 0.25) is 5.78 Å². The number of carbonyl (C=O) groups excluding carboxylic acids is 2. The summed E-state index contributed by atoms with van der Waals surface area (Å²) in [5.41, 5.74) is 1.64. The highest BCUT2D eigenvalue weighted by Crippen LogP contribution is 2.22. The van der Waals surface area contributed by atoms with Crippen molar-refractivity contribution >= 4 is 34.1 Å². The number of nitrogens with zero attached hydrogens (tertiary/aromatic N) is 1. The minimum absolute atomic E-state index is 0.155. The number of rotatable bonds is 7. The fourth-order valence-electron chi connectivity index (χ4n) is 2.79. The Morgan fingerprint density at radius 1 is 1.10 bits per heavy atom. The van der Waals surface area contributed by atoms with Crippen LogP contribution >= 0.6 is 11.3 Å². The van der Waals surface area contributed by atoms with Crippen LogP contribution in [0.1, 0.15) is 31.6 Å². The summed E-state index contributed by atoms with van der Waals surface area (Å²) in [5, 5.41) is 3.67. The van der Waals surface area contributed by atoms with Gasteiger partial charge in [-0.25, -0.2) is 9.78 Å². The Labute approximate surface area is 170 Å². The van der Waals surface area contributed by atoms with Gasteiger partial charge in [0.05, 0.1) is 10.7 Å². The molecule has 0 saturated heterocycles. The third kappa shape index (κ3) is 4.35. The minimum atomic E-state index is -0.639. The quantitative estimate of drug-likeness (QED) is 0.323. The van der Waals surface area contributed by atoms with Crippen molar-refractivity contribution in [3.63, 3.8) is 0 Å². The second kappa shape index (κ2) is 8.28. The standard InChI is InChI=1S/C22H17NO5S/c1-14-23-16(13-29-14)11-26-20-9-5-3-7-17(20)22(25)27-12-18(24)21-10-15-6-2-4-8-19(15)28-21/h2-10,13H,11-12H2,1H3. The van der Waals surface area contributed by atoms with E-state index in [1.165, 1.54) is 11.3 Å². The molecule has 0 radical (unpaired) electrons. The molecule has 0 aliphatic carbocycles. The van der Waals surface area contributed by atoms with E-state index in [2.05, 4.69) is 4.98 Å². The monoisotopic (exact) mass is 407 g/mol. The molecule has 0 spiro atoms. The van der Waals surface area contributed by atoms with E-state index in [-0.39, 0.29) is 17.9 Å². The van der Waals surface area contributed by atoms with Crippen LogP contribution in [0.5, 0.6) is 5.75 Å². The van der Waals surface area contributed by atoms with Gasteiger partial charge < -0.3 is 13.9 Å². The van der Waals surface area contributed by atoms with Gasteiger partial charge in [0.15, 0.2) is 12.4 Å². The van der Waals surface area contributed by atoms with Crippen LogP contribution in [-0.4, -0.2) is 23.3 Å². The zero-order valence-corrected chi connectivity index (χ0v) is 16.4. The van der Waals surface area contributed by atoms with Crippen molar-refractivity contribution in [1.29, 1.82) is 0 Å². The maximum absolute atomic E-state index is 12.5. The van der Waals surface area contributed by atoms with E-state index in [0.29, 0.717) is 11.3 Å². The Kier molecular flexibility index (Phi) is 5.39. The zero-order valence-electron chi connectivity index (χ0n) is 15.6. The fourth-order valence-corrected chi connectivity index (χ4v) is 3.38. The first-order chi connectivity index (χ1) is 14.1. The van der Waals surface area contributed by atoms with E-state index in [0.717, 1.165) is 16.1 Å². The Bertz CT molecular complexity index is 1140. The number of Topliss-reactive ketones (excluding diaryl/α,β-unsaturated/α-hetero) is 1. The molecule has 0 N–H and O–H groups in total. The average molecular weight is 407 g/mol. The zero-order chi connectivity index (χ0) is 20.2. The van der Waals surface area contributed by atoms with Crippen molar-refractivity contribution in [3.8, 4) is 5.75 Å². The van der Waals surface area contributed by atoms with Crippen LogP contribution in [0.25, 0.3) is 11.0 Å². The van der Waals surface area contributed by atoms with Gasteiger partial charge in [-0.2, -0.15) is 0 Å². The van der Waals surface area contributed by atoms with E-state index in [4.69, 9.17) is 13.9 Å². The number of aryl methyl sites for hydroxylation is 1. The number of benzene rings is 2. The van der Waals surface area contributed by atoms with E-state index in [1.807, 2.05) is 30.5 Å². The molecule has 0 fully saturated rings. The number of esters is 1. The number of thiazole rings is 1. The fraction of sp³-hybridized carbons (Fsp3) is 0.136. The molecule has 0 saturated carbocycles. The lowest BCUT2D eigenvalue weighted by Crippen LogP contribution is -2.14. The number of hydrogen-bond donors (Lipinski definition) is 0. The van der Waals surface area contributed by atoms with Gasteiger partial charge in [-0.3, -0.25) is 4.79 Å². The van der Waals surface area contributed by atoms with Gasteiger partial charge in [-0.15, -0.1) is 11.3 Å². The number of carbonyl (C=O) groups is 2. The molecule has 0 aliphatic heterocycles. The summed E-state index contributed by atoms with van der Waals surface area (Å²) in [7, 11) is 0. The topological polar surface area (TPSA) is 78.6 Å². The van der Waals surface area contributed by atoms with Crippen LogP contribution in [0, 0.1) is 6.92 Å². The second-order valence-electron chi connectivity index (χ2n) is 6.29. The van der Waals surface area contributed by atoms with E-state index >= 15 is 0 Å². The van der Waals surface area contributed by atoms with Crippen molar-refractivity contribution in [2.45, 2.75) is 13.5 Å². The lowest BCUT2D eigenvalue weighted by Gasteiger charge is -2.10. The molecule has 146 valence electrons. The number of aromatic nitrogens is 1. The number of furan rings is 1. The summed E-state index contributed by atoms with van der Waals surface area (Å²) in [6.45, 7) is 1.74. The molecule has 2 aromatic carbocycles. The molecule has 6 nitrogen and oxygen atoms in total. The molecule has 4 aromatic rings. The van der Waals surface area contributed by atoms with Gasteiger partial charge >= 0.3 is 5.97 Å². The Hall–Kier alpha value is -3.45. The summed E-state index contributed by atoms with van der Waals surface area (Å²) in [6.07, 6.45) is 0. The van der Waals surface area contributed by atoms with Crippen LogP contribution in [0.3, 0.4) is 0 Å². The maximum atomic E-state index is 12.5. The largest absolute Gasteiger partial charge is 0.486 e. The van der Waals surface area contributed by atoms with Gasteiger partial charge in [0, 0.05) is 10.8 Å². The number of fused-ring (bicyclic) bond motifs is 1. The van der Waals surface area contributed by atoms with Crippen LogP contribution in [0.2, 0.25) is 0 Å². The number of para-hydroxylation sites is 2. The molecule has 0 atom stereocenters. The molecule has 0 amide bonds. The number of ketones is 1. The molecule has 2 aromatic heterocycles. The van der Waals surface area contributed by atoms with E-state index in [9.17, 15) is 9.59 Å². The third-order valence-electron chi connectivity index (χ3n) is 4.18. The van der Waals surface area contributed by atoms with Crippen molar-refractivity contribution in [1.82, 2.24) is 4.98 Å². The molecule has 7 heteroatoms. The highest BCUT2D eigenvalue weighted by Gasteiger charge is 2.18. The molecule has 29 heavy (non-hydrogen) atoms. The van der Waals surface area contributed by atoms with Crippen LogP contribution in [0.4, 0.5) is 0 Å². The van der Waals surface area contributed by atoms with Gasteiger partial charge in [-0.05, 0) is 31.2 Å². The number of ether oxygens (including phenoxy) is 2. The number of hydrogen-bond acceptors (Lipinski definition) is 7. The molecule has 0 bridgehead atoms.